The van der Waals surface area contributed by atoms with Crippen molar-refractivity contribution < 1.29 is 0 Å². The first kappa shape index (κ1) is 21.7. The first-order valence-electron chi connectivity index (χ1n) is 8.93. The Morgan fingerprint density at radius 3 is 2.62 bits per heavy atom. The normalized spacial score (nSPS) is 16.2. The van der Waals surface area contributed by atoms with Gasteiger partial charge < -0.3 is 10.6 Å². The summed E-state index contributed by atoms with van der Waals surface area (Å²) in [6, 6.07) is 5.75. The van der Waals surface area contributed by atoms with Gasteiger partial charge in [-0.1, -0.05) is 13.0 Å². The summed E-state index contributed by atoms with van der Waals surface area (Å²) in [5, 5.41) is 8.98. The van der Waals surface area contributed by atoms with Gasteiger partial charge in [-0.3, -0.25) is 9.89 Å². The Labute approximate surface area is 168 Å². The number of hydrogen-bond donors (Lipinski definition) is 2. The molecule has 4 nitrogen and oxygen atoms in total. The lowest BCUT2D eigenvalue weighted by Crippen LogP contribution is -2.44. The van der Waals surface area contributed by atoms with Crippen molar-refractivity contribution in [2.45, 2.75) is 58.5 Å². The maximum absolute atomic E-state index is 4.75. The Morgan fingerprint density at radius 2 is 2.08 bits per heavy atom. The minimum Gasteiger partial charge on any atom is -0.357 e. The highest BCUT2D eigenvalue weighted by Crippen LogP contribution is 2.27. The Hall–Kier alpha value is -0.340. The number of aliphatic imine (C=N–C) groups is 1. The predicted octanol–water partition coefficient (Wildman–Crippen LogP) is 3.90. The maximum Gasteiger partial charge on any atom is 0.191 e. The summed E-state index contributed by atoms with van der Waals surface area (Å²) >= 11 is 1.81. The van der Waals surface area contributed by atoms with Crippen LogP contribution in [-0.4, -0.2) is 49.1 Å². The fourth-order valence-electron chi connectivity index (χ4n) is 2.80. The van der Waals surface area contributed by atoms with E-state index in [0.29, 0.717) is 12.0 Å². The molecular weight excluding hydrogens is 431 g/mol. The van der Waals surface area contributed by atoms with E-state index < -0.39 is 0 Å². The maximum atomic E-state index is 4.75. The first-order chi connectivity index (χ1) is 11.1. The molecule has 0 spiro atoms. The van der Waals surface area contributed by atoms with Crippen molar-refractivity contribution in [2.24, 2.45) is 4.99 Å². The summed E-state index contributed by atoms with van der Waals surface area (Å²) in [5.41, 5.74) is 0. The second kappa shape index (κ2) is 11.3. The number of guanidine groups is 1. The molecule has 1 saturated carbocycles. The van der Waals surface area contributed by atoms with E-state index in [0.717, 1.165) is 38.2 Å². The molecule has 0 bridgehead atoms. The minimum absolute atomic E-state index is 0. The van der Waals surface area contributed by atoms with Gasteiger partial charge >= 0.3 is 0 Å². The van der Waals surface area contributed by atoms with Crippen molar-refractivity contribution in [3.8, 4) is 0 Å². The van der Waals surface area contributed by atoms with Crippen LogP contribution in [0.15, 0.2) is 22.5 Å². The number of thiophene rings is 1. The third-order valence-corrected chi connectivity index (χ3v) is 5.34. The smallest absolute Gasteiger partial charge is 0.191 e. The number of hydrogen-bond acceptors (Lipinski definition) is 3. The van der Waals surface area contributed by atoms with E-state index in [9.17, 15) is 0 Å². The molecule has 138 valence electrons. The summed E-state index contributed by atoms with van der Waals surface area (Å²) in [6.07, 6.45) is 2.73. The molecule has 1 aliphatic rings. The molecule has 0 radical (unpaired) electrons. The fraction of sp³-hybridized carbons (Fsp3) is 0.722. The highest BCUT2D eigenvalue weighted by atomic mass is 127. The van der Waals surface area contributed by atoms with Crippen LogP contribution in [0.3, 0.4) is 0 Å². The van der Waals surface area contributed by atoms with E-state index in [-0.39, 0.29) is 24.0 Å². The van der Waals surface area contributed by atoms with Gasteiger partial charge in [0.2, 0.25) is 0 Å². The number of rotatable bonds is 9. The SMILES string of the molecule is CCNC(=NCC(C)c1cccs1)NCCN(C(C)C)C1CC1.I. The van der Waals surface area contributed by atoms with E-state index >= 15 is 0 Å². The molecule has 1 fully saturated rings. The average molecular weight is 464 g/mol. The van der Waals surface area contributed by atoms with Gasteiger partial charge in [0.25, 0.3) is 0 Å². The van der Waals surface area contributed by atoms with Crippen LogP contribution in [0.4, 0.5) is 0 Å². The van der Waals surface area contributed by atoms with E-state index in [4.69, 9.17) is 4.99 Å². The highest BCUT2D eigenvalue weighted by Gasteiger charge is 2.30. The number of halogens is 1. The standard InChI is InChI=1S/C18H32N4S.HI/c1-5-19-18(21-13-15(4)17-7-6-12-23-17)20-10-11-22(14(2)3)16-8-9-16;/h6-7,12,14-16H,5,8-11,13H2,1-4H3,(H2,19,20,21);1H. The van der Waals surface area contributed by atoms with E-state index in [1.54, 1.807) is 0 Å². The van der Waals surface area contributed by atoms with Crippen LogP contribution in [0.5, 0.6) is 0 Å². The van der Waals surface area contributed by atoms with Crippen molar-refractivity contribution in [1.29, 1.82) is 0 Å². The zero-order valence-electron chi connectivity index (χ0n) is 15.4. The molecule has 2 rings (SSSR count). The molecule has 1 aromatic heterocycles. The average Bonchev–Trinajstić information content (AvgIpc) is 3.20. The number of nitrogens with one attached hydrogen (secondary N) is 2. The second-order valence-corrected chi connectivity index (χ2v) is 7.60. The zero-order valence-corrected chi connectivity index (χ0v) is 18.6. The lowest BCUT2D eigenvalue weighted by Gasteiger charge is -2.26. The van der Waals surface area contributed by atoms with Crippen molar-refractivity contribution in [1.82, 2.24) is 15.5 Å². The topological polar surface area (TPSA) is 39.7 Å². The number of nitrogens with zero attached hydrogens (tertiary/aromatic N) is 2. The van der Waals surface area contributed by atoms with Gasteiger partial charge in [-0.05, 0) is 45.1 Å². The molecule has 1 atom stereocenters. The summed E-state index contributed by atoms with van der Waals surface area (Å²) in [4.78, 5) is 8.76. The molecule has 0 aromatic carbocycles. The minimum atomic E-state index is 0. The van der Waals surface area contributed by atoms with Crippen LogP contribution in [0.25, 0.3) is 0 Å². The van der Waals surface area contributed by atoms with Gasteiger partial charge in [0.1, 0.15) is 0 Å². The third kappa shape index (κ3) is 7.27. The molecule has 1 unspecified atom stereocenters. The first-order valence-corrected chi connectivity index (χ1v) is 9.81. The summed E-state index contributed by atoms with van der Waals surface area (Å²) < 4.78 is 0. The summed E-state index contributed by atoms with van der Waals surface area (Å²) in [7, 11) is 0. The molecule has 1 heterocycles. The van der Waals surface area contributed by atoms with Gasteiger partial charge in [0, 0.05) is 42.5 Å². The van der Waals surface area contributed by atoms with Gasteiger partial charge in [0.05, 0.1) is 6.54 Å². The van der Waals surface area contributed by atoms with Crippen LogP contribution in [0, 0.1) is 0 Å². The van der Waals surface area contributed by atoms with Gasteiger partial charge in [-0.2, -0.15) is 0 Å². The van der Waals surface area contributed by atoms with Crippen LogP contribution in [0.2, 0.25) is 0 Å². The Kier molecular flexibility index (Phi) is 10.2. The van der Waals surface area contributed by atoms with Crippen molar-refractivity contribution in [3.05, 3.63) is 22.4 Å². The molecule has 24 heavy (non-hydrogen) atoms. The van der Waals surface area contributed by atoms with Crippen molar-refractivity contribution >= 4 is 41.3 Å². The fourth-order valence-corrected chi connectivity index (χ4v) is 3.58. The highest BCUT2D eigenvalue weighted by molar-refractivity contribution is 14.0. The lowest BCUT2D eigenvalue weighted by atomic mass is 10.1. The van der Waals surface area contributed by atoms with Crippen LogP contribution >= 0.6 is 35.3 Å². The predicted molar refractivity (Wildman–Crippen MR) is 117 cm³/mol. The molecule has 0 amide bonds. The largest absolute Gasteiger partial charge is 0.357 e. The van der Waals surface area contributed by atoms with Crippen LogP contribution < -0.4 is 10.6 Å². The molecule has 1 aliphatic carbocycles. The quantitative estimate of drug-likeness (QED) is 0.331. The Balaban J connectivity index is 0.00000288. The Bertz CT molecular complexity index is 469. The van der Waals surface area contributed by atoms with Crippen molar-refractivity contribution in [2.75, 3.05) is 26.2 Å². The molecule has 1 aromatic rings. The van der Waals surface area contributed by atoms with E-state index in [1.165, 1.54) is 17.7 Å². The van der Waals surface area contributed by atoms with Gasteiger partial charge in [-0.15, -0.1) is 35.3 Å². The Morgan fingerprint density at radius 1 is 1.33 bits per heavy atom. The van der Waals surface area contributed by atoms with E-state index in [2.05, 4.69) is 60.7 Å². The van der Waals surface area contributed by atoms with Crippen LogP contribution in [0.1, 0.15) is 51.3 Å². The van der Waals surface area contributed by atoms with Crippen LogP contribution in [-0.2, 0) is 0 Å². The summed E-state index contributed by atoms with van der Waals surface area (Å²) in [5.74, 6) is 1.42. The molecule has 2 N–H and O–H groups in total. The molecular formula is C18H33IN4S. The second-order valence-electron chi connectivity index (χ2n) is 6.63. The molecule has 0 saturated heterocycles. The van der Waals surface area contributed by atoms with E-state index in [1.807, 2.05) is 11.3 Å². The zero-order chi connectivity index (χ0) is 16.7. The van der Waals surface area contributed by atoms with Gasteiger partial charge in [0.15, 0.2) is 5.96 Å². The van der Waals surface area contributed by atoms with Crippen molar-refractivity contribution in [3.63, 3.8) is 0 Å². The third-order valence-electron chi connectivity index (χ3n) is 4.24. The summed E-state index contributed by atoms with van der Waals surface area (Å²) in [6.45, 7) is 12.7. The molecule has 6 heteroatoms. The molecule has 0 aliphatic heterocycles. The lowest BCUT2D eigenvalue weighted by molar-refractivity contribution is 0.215. The monoisotopic (exact) mass is 464 g/mol. The van der Waals surface area contributed by atoms with Gasteiger partial charge in [-0.25, -0.2) is 0 Å².